The lowest BCUT2D eigenvalue weighted by Gasteiger charge is -2.11. The average Bonchev–Trinajstić information content (AvgIpc) is 2.75. The van der Waals surface area contributed by atoms with Gasteiger partial charge >= 0.3 is 0 Å². The number of rotatable bonds is 19. The van der Waals surface area contributed by atoms with Crippen molar-refractivity contribution in [2.45, 2.75) is 111 Å². The summed E-state index contributed by atoms with van der Waals surface area (Å²) in [6.45, 7) is 7.64. The number of unbranched alkanes of at least 4 members (excludes halogenated alkanes) is 12. The van der Waals surface area contributed by atoms with Crippen molar-refractivity contribution in [1.82, 2.24) is 5.32 Å². The number of hydrogen-bond donors (Lipinski definition) is 2. The fourth-order valence-electron chi connectivity index (χ4n) is 3.89. The van der Waals surface area contributed by atoms with Gasteiger partial charge in [-0.2, -0.15) is 0 Å². The van der Waals surface area contributed by atoms with E-state index in [1.165, 1.54) is 83.5 Å². The second-order valence-electron chi connectivity index (χ2n) is 8.93. The molecule has 0 saturated heterocycles. The van der Waals surface area contributed by atoms with Gasteiger partial charge in [0.15, 0.2) is 0 Å². The van der Waals surface area contributed by atoms with Crippen molar-refractivity contribution in [3.63, 3.8) is 0 Å². The first-order valence-electron chi connectivity index (χ1n) is 12.9. The highest BCUT2D eigenvalue weighted by atomic mass is 16.1. The summed E-state index contributed by atoms with van der Waals surface area (Å²) in [6, 6.07) is 6.08. The standard InChI is InChI=1S/C28H48N2O/c1-4-5-6-7-8-9-10-11-12-13-14-15-16-17-18-19-23-29-24-27(31)30-28-25(2)21-20-22-26(28)3/h11-12,20-22,29H,4-10,13-19,23-24H2,1-3H3,(H,30,31). The molecule has 3 nitrogen and oxygen atoms in total. The van der Waals surface area contributed by atoms with Gasteiger partial charge in [-0.25, -0.2) is 0 Å². The van der Waals surface area contributed by atoms with Crippen molar-refractivity contribution in [1.29, 1.82) is 0 Å². The molecule has 0 unspecified atom stereocenters. The highest BCUT2D eigenvalue weighted by Crippen LogP contribution is 2.19. The van der Waals surface area contributed by atoms with Gasteiger partial charge < -0.3 is 10.6 Å². The Bertz CT molecular complexity index is 589. The molecule has 1 aromatic carbocycles. The summed E-state index contributed by atoms with van der Waals surface area (Å²) < 4.78 is 0. The largest absolute Gasteiger partial charge is 0.324 e. The molecule has 0 aromatic heterocycles. The molecule has 0 bridgehead atoms. The molecule has 0 heterocycles. The van der Waals surface area contributed by atoms with Crippen LogP contribution in [0.25, 0.3) is 0 Å². The maximum Gasteiger partial charge on any atom is 0.238 e. The molecule has 176 valence electrons. The number of para-hydroxylation sites is 1. The van der Waals surface area contributed by atoms with Crippen LogP contribution in [0.1, 0.15) is 108 Å². The Labute approximate surface area is 192 Å². The number of benzene rings is 1. The topological polar surface area (TPSA) is 41.1 Å². The van der Waals surface area contributed by atoms with Crippen LogP contribution >= 0.6 is 0 Å². The van der Waals surface area contributed by atoms with Gasteiger partial charge in [0.05, 0.1) is 6.54 Å². The summed E-state index contributed by atoms with van der Waals surface area (Å²) in [5, 5.41) is 6.30. The van der Waals surface area contributed by atoms with Crippen LogP contribution in [-0.2, 0) is 4.79 Å². The molecule has 1 amide bonds. The van der Waals surface area contributed by atoms with Gasteiger partial charge in [-0.15, -0.1) is 0 Å². The number of amides is 1. The van der Waals surface area contributed by atoms with Crippen molar-refractivity contribution in [3.05, 3.63) is 41.5 Å². The molecule has 0 aliphatic carbocycles. The third-order valence-corrected chi connectivity index (χ3v) is 5.90. The maximum absolute atomic E-state index is 12.1. The fourth-order valence-corrected chi connectivity index (χ4v) is 3.89. The zero-order valence-electron chi connectivity index (χ0n) is 20.6. The number of aryl methyl sites for hydroxylation is 2. The van der Waals surface area contributed by atoms with Gasteiger partial charge in [-0.3, -0.25) is 4.79 Å². The summed E-state index contributed by atoms with van der Waals surface area (Å²) in [4.78, 5) is 12.1. The van der Waals surface area contributed by atoms with E-state index in [0.717, 1.165) is 29.8 Å². The quantitative estimate of drug-likeness (QED) is 0.174. The monoisotopic (exact) mass is 428 g/mol. The molecule has 0 fully saturated rings. The van der Waals surface area contributed by atoms with Crippen LogP contribution in [0.2, 0.25) is 0 Å². The molecule has 0 radical (unpaired) electrons. The van der Waals surface area contributed by atoms with E-state index in [4.69, 9.17) is 0 Å². The summed E-state index contributed by atoms with van der Waals surface area (Å²) in [5.74, 6) is 0.0435. The van der Waals surface area contributed by atoms with E-state index in [0.29, 0.717) is 6.54 Å². The van der Waals surface area contributed by atoms with Gasteiger partial charge in [-0.1, -0.05) is 95.1 Å². The predicted molar refractivity (Wildman–Crippen MR) is 137 cm³/mol. The first-order chi connectivity index (χ1) is 15.1. The summed E-state index contributed by atoms with van der Waals surface area (Å²) in [6.07, 6.45) is 23.3. The minimum atomic E-state index is 0.0435. The number of carbonyl (C=O) groups excluding carboxylic acids is 1. The molecule has 2 N–H and O–H groups in total. The van der Waals surface area contributed by atoms with Gasteiger partial charge in [-0.05, 0) is 63.6 Å². The zero-order chi connectivity index (χ0) is 22.6. The third-order valence-electron chi connectivity index (χ3n) is 5.90. The Morgan fingerprint density at radius 1 is 0.774 bits per heavy atom. The van der Waals surface area contributed by atoms with Gasteiger partial charge in [0.1, 0.15) is 0 Å². The second kappa shape index (κ2) is 19.1. The average molecular weight is 429 g/mol. The first kappa shape index (κ1) is 27.4. The van der Waals surface area contributed by atoms with Crippen molar-refractivity contribution in [3.8, 4) is 0 Å². The van der Waals surface area contributed by atoms with Crippen LogP contribution in [0.5, 0.6) is 0 Å². The minimum Gasteiger partial charge on any atom is -0.324 e. The third kappa shape index (κ3) is 14.9. The molecule has 0 aliphatic rings. The van der Waals surface area contributed by atoms with Gasteiger partial charge in [0, 0.05) is 5.69 Å². The van der Waals surface area contributed by atoms with Crippen LogP contribution in [-0.4, -0.2) is 19.0 Å². The zero-order valence-corrected chi connectivity index (χ0v) is 20.6. The number of hydrogen-bond acceptors (Lipinski definition) is 2. The molecule has 0 spiro atoms. The Kier molecular flexibility index (Phi) is 16.9. The van der Waals surface area contributed by atoms with E-state index in [1.54, 1.807) is 0 Å². The molecule has 0 aliphatic heterocycles. The maximum atomic E-state index is 12.1. The normalized spacial score (nSPS) is 11.3. The molecular weight excluding hydrogens is 380 g/mol. The number of nitrogens with one attached hydrogen (secondary N) is 2. The van der Waals surface area contributed by atoms with Crippen molar-refractivity contribution >= 4 is 11.6 Å². The molecular formula is C28H48N2O. The first-order valence-corrected chi connectivity index (χ1v) is 12.9. The predicted octanol–water partition coefficient (Wildman–Crippen LogP) is 7.87. The smallest absolute Gasteiger partial charge is 0.238 e. The SMILES string of the molecule is CCCCCCCCC=CCCCCCCCCNCC(=O)Nc1c(C)cccc1C. The van der Waals surface area contributed by atoms with E-state index in [-0.39, 0.29) is 5.91 Å². The van der Waals surface area contributed by atoms with Crippen LogP contribution in [0.4, 0.5) is 5.69 Å². The van der Waals surface area contributed by atoms with E-state index in [9.17, 15) is 4.79 Å². The van der Waals surface area contributed by atoms with Crippen LogP contribution in [0.15, 0.2) is 30.4 Å². The van der Waals surface area contributed by atoms with Gasteiger partial charge in [0.25, 0.3) is 0 Å². The van der Waals surface area contributed by atoms with E-state index in [1.807, 2.05) is 32.0 Å². The van der Waals surface area contributed by atoms with Crippen molar-refractivity contribution in [2.24, 2.45) is 0 Å². The summed E-state index contributed by atoms with van der Waals surface area (Å²) in [7, 11) is 0. The lowest BCUT2D eigenvalue weighted by atomic mass is 10.1. The van der Waals surface area contributed by atoms with Crippen LogP contribution in [0, 0.1) is 13.8 Å². The minimum absolute atomic E-state index is 0.0435. The molecule has 0 saturated carbocycles. The number of carbonyl (C=O) groups is 1. The molecule has 0 atom stereocenters. The Morgan fingerprint density at radius 3 is 1.87 bits per heavy atom. The Morgan fingerprint density at radius 2 is 1.29 bits per heavy atom. The van der Waals surface area contributed by atoms with Crippen molar-refractivity contribution in [2.75, 3.05) is 18.4 Å². The summed E-state index contributed by atoms with van der Waals surface area (Å²) >= 11 is 0. The van der Waals surface area contributed by atoms with E-state index < -0.39 is 0 Å². The van der Waals surface area contributed by atoms with Gasteiger partial charge in [0.2, 0.25) is 5.91 Å². The number of anilines is 1. The molecule has 31 heavy (non-hydrogen) atoms. The molecule has 1 rings (SSSR count). The lowest BCUT2D eigenvalue weighted by Crippen LogP contribution is -2.29. The fraction of sp³-hybridized carbons (Fsp3) is 0.679. The Balaban J connectivity index is 1.86. The Hall–Kier alpha value is -1.61. The van der Waals surface area contributed by atoms with Crippen molar-refractivity contribution < 1.29 is 4.79 Å². The highest BCUT2D eigenvalue weighted by Gasteiger charge is 2.06. The molecule has 3 heteroatoms. The highest BCUT2D eigenvalue weighted by molar-refractivity contribution is 5.93. The van der Waals surface area contributed by atoms with Crippen LogP contribution in [0.3, 0.4) is 0 Å². The van der Waals surface area contributed by atoms with Crippen LogP contribution < -0.4 is 10.6 Å². The summed E-state index contributed by atoms with van der Waals surface area (Å²) in [5.41, 5.74) is 3.18. The molecule has 1 aromatic rings. The van der Waals surface area contributed by atoms with E-state index in [2.05, 4.69) is 29.7 Å². The van der Waals surface area contributed by atoms with E-state index >= 15 is 0 Å². The number of allylic oxidation sites excluding steroid dienone is 2. The lowest BCUT2D eigenvalue weighted by molar-refractivity contribution is -0.115. The second-order valence-corrected chi connectivity index (χ2v) is 8.93.